The van der Waals surface area contributed by atoms with Crippen molar-refractivity contribution >= 4 is 33.3 Å². The van der Waals surface area contributed by atoms with Crippen LogP contribution < -0.4 is 5.56 Å². The smallest absolute Gasteiger partial charge is 0.267 e. The van der Waals surface area contributed by atoms with Crippen LogP contribution in [0.25, 0.3) is 15.9 Å². The van der Waals surface area contributed by atoms with Gasteiger partial charge in [0.15, 0.2) is 5.16 Å². The van der Waals surface area contributed by atoms with Gasteiger partial charge >= 0.3 is 0 Å². The molecule has 0 saturated heterocycles. The zero-order valence-corrected chi connectivity index (χ0v) is 18.9. The summed E-state index contributed by atoms with van der Waals surface area (Å²) in [5, 5.41) is 1.33. The molecule has 2 aromatic carbocycles. The van der Waals surface area contributed by atoms with Crippen LogP contribution in [-0.4, -0.2) is 15.2 Å². The second-order valence-electron chi connectivity index (χ2n) is 8.19. The molecule has 1 aliphatic rings. The topological polar surface area (TPSA) is 44.1 Å². The molecule has 0 aliphatic carbocycles. The fraction of sp³-hybridized carbons (Fsp3) is 0.250. The lowest BCUT2D eigenvalue weighted by Gasteiger charge is -2.29. The van der Waals surface area contributed by atoms with E-state index < -0.39 is 0 Å². The van der Waals surface area contributed by atoms with Gasteiger partial charge in [0, 0.05) is 17.1 Å². The quantitative estimate of drug-likeness (QED) is 0.293. The zero-order chi connectivity index (χ0) is 21.6. The number of hydrogen-bond acceptors (Lipinski definition) is 5. The summed E-state index contributed by atoms with van der Waals surface area (Å²) in [5.74, 6) is 0.329. The van der Waals surface area contributed by atoms with E-state index in [9.17, 15) is 9.18 Å². The molecular formula is C24H21FN2O2S2. The fourth-order valence-electron chi connectivity index (χ4n) is 3.80. The Hall–Kier alpha value is -2.48. The Kier molecular flexibility index (Phi) is 5.20. The van der Waals surface area contributed by atoms with Crippen molar-refractivity contribution in [3.8, 4) is 5.69 Å². The molecule has 5 rings (SSSR count). The molecule has 0 amide bonds. The molecule has 1 aliphatic heterocycles. The Morgan fingerprint density at radius 3 is 2.65 bits per heavy atom. The van der Waals surface area contributed by atoms with E-state index in [2.05, 4.69) is 13.8 Å². The lowest BCUT2D eigenvalue weighted by atomic mass is 9.94. The molecule has 0 bridgehead atoms. The summed E-state index contributed by atoms with van der Waals surface area (Å²) >= 11 is 3.02. The van der Waals surface area contributed by atoms with Crippen LogP contribution in [0.3, 0.4) is 0 Å². The molecule has 2 aromatic heterocycles. The third kappa shape index (κ3) is 3.93. The van der Waals surface area contributed by atoms with Crippen LogP contribution in [0.5, 0.6) is 0 Å². The van der Waals surface area contributed by atoms with Crippen LogP contribution in [0.15, 0.2) is 64.5 Å². The van der Waals surface area contributed by atoms with E-state index in [4.69, 9.17) is 9.72 Å². The Balaban J connectivity index is 1.65. The van der Waals surface area contributed by atoms with E-state index in [1.165, 1.54) is 23.9 Å². The van der Waals surface area contributed by atoms with E-state index in [1.54, 1.807) is 28.0 Å². The number of halogens is 1. The molecule has 0 spiro atoms. The number of benzene rings is 2. The zero-order valence-electron chi connectivity index (χ0n) is 17.2. The molecule has 31 heavy (non-hydrogen) atoms. The third-order valence-electron chi connectivity index (χ3n) is 5.37. The minimum absolute atomic E-state index is 0.0481. The predicted molar refractivity (Wildman–Crippen MR) is 124 cm³/mol. The first kappa shape index (κ1) is 20.4. The van der Waals surface area contributed by atoms with Crippen molar-refractivity contribution in [2.75, 3.05) is 0 Å². The number of ether oxygens (including phenoxy) is 1. The van der Waals surface area contributed by atoms with Crippen molar-refractivity contribution in [1.29, 1.82) is 0 Å². The van der Waals surface area contributed by atoms with Gasteiger partial charge in [-0.2, -0.15) is 0 Å². The largest absolute Gasteiger partial charge is 0.370 e. The molecule has 0 fully saturated rings. The first-order valence-electron chi connectivity index (χ1n) is 10.1. The van der Waals surface area contributed by atoms with E-state index in [0.717, 1.165) is 26.5 Å². The minimum atomic E-state index is -0.305. The molecular weight excluding hydrogens is 431 g/mol. The number of nitrogens with zero attached hydrogens (tertiary/aromatic N) is 2. The van der Waals surface area contributed by atoms with E-state index >= 15 is 0 Å². The molecule has 7 heteroatoms. The van der Waals surface area contributed by atoms with Crippen molar-refractivity contribution in [3.63, 3.8) is 0 Å². The molecule has 0 N–H and O–H groups in total. The summed E-state index contributed by atoms with van der Waals surface area (Å²) < 4.78 is 20.9. The van der Waals surface area contributed by atoms with Gasteiger partial charge in [0.25, 0.3) is 5.56 Å². The highest BCUT2D eigenvalue weighted by molar-refractivity contribution is 7.98. The Morgan fingerprint density at radius 2 is 1.90 bits per heavy atom. The number of thioether (sulfide) groups is 1. The first-order chi connectivity index (χ1) is 14.9. The van der Waals surface area contributed by atoms with Crippen molar-refractivity contribution < 1.29 is 9.13 Å². The fourth-order valence-corrected chi connectivity index (χ4v) is 5.92. The number of thiophene rings is 1. The van der Waals surface area contributed by atoms with Gasteiger partial charge in [-0.25, -0.2) is 9.37 Å². The van der Waals surface area contributed by atoms with Gasteiger partial charge in [-0.05, 0) is 49.2 Å². The molecule has 0 radical (unpaired) electrons. The molecule has 4 nitrogen and oxygen atoms in total. The van der Waals surface area contributed by atoms with E-state index in [-0.39, 0.29) is 17.0 Å². The van der Waals surface area contributed by atoms with Gasteiger partial charge < -0.3 is 4.74 Å². The summed E-state index contributed by atoms with van der Waals surface area (Å²) in [6.45, 7) is 4.61. The Bertz CT molecular complexity index is 1310. The van der Waals surface area contributed by atoms with Gasteiger partial charge in [-0.3, -0.25) is 9.36 Å². The lowest BCUT2D eigenvalue weighted by molar-refractivity contribution is -0.0379. The number of hydrogen-bond donors (Lipinski definition) is 0. The summed E-state index contributed by atoms with van der Waals surface area (Å²) in [5.41, 5.74) is 2.47. The summed E-state index contributed by atoms with van der Waals surface area (Å²) in [6, 6.07) is 16.0. The first-order valence-corrected chi connectivity index (χ1v) is 11.9. The molecule has 3 heterocycles. The van der Waals surface area contributed by atoms with Gasteiger partial charge in [0.2, 0.25) is 0 Å². The number of fused-ring (bicyclic) bond motifs is 3. The maximum absolute atomic E-state index is 13.8. The van der Waals surface area contributed by atoms with Crippen LogP contribution in [0.4, 0.5) is 4.39 Å². The van der Waals surface area contributed by atoms with Crippen LogP contribution in [0, 0.1) is 5.82 Å². The molecule has 158 valence electrons. The van der Waals surface area contributed by atoms with Gasteiger partial charge in [0.1, 0.15) is 10.6 Å². The van der Waals surface area contributed by atoms with Crippen LogP contribution in [0.2, 0.25) is 0 Å². The monoisotopic (exact) mass is 452 g/mol. The standard InChI is InChI=1S/C24H21FN2O2S2/c1-24(2)12-18-19(13-29-24)31-21-20(18)22(28)27(17-6-4-3-5-7-17)23(26-21)30-14-15-8-10-16(25)11-9-15/h3-11H,12-14H2,1-2H3. The normalized spacial score (nSPS) is 15.2. The summed E-state index contributed by atoms with van der Waals surface area (Å²) in [7, 11) is 0. The van der Waals surface area contributed by atoms with Crippen molar-refractivity contribution in [3.05, 3.63) is 86.8 Å². The highest BCUT2D eigenvalue weighted by Crippen LogP contribution is 2.38. The number of rotatable bonds is 4. The van der Waals surface area contributed by atoms with Crippen molar-refractivity contribution in [2.45, 2.75) is 43.4 Å². The SMILES string of the molecule is CC1(C)Cc2c(sc3nc(SCc4ccc(F)cc4)n(-c4ccccc4)c(=O)c23)CO1. The van der Waals surface area contributed by atoms with Crippen LogP contribution >= 0.6 is 23.1 Å². The van der Waals surface area contributed by atoms with E-state index in [0.29, 0.717) is 29.3 Å². The highest BCUT2D eigenvalue weighted by Gasteiger charge is 2.31. The van der Waals surface area contributed by atoms with Gasteiger partial charge in [-0.15, -0.1) is 11.3 Å². The highest BCUT2D eigenvalue weighted by atomic mass is 32.2. The summed E-state index contributed by atoms with van der Waals surface area (Å²) in [4.78, 5) is 20.5. The van der Waals surface area contributed by atoms with Crippen molar-refractivity contribution in [1.82, 2.24) is 9.55 Å². The number of aromatic nitrogens is 2. The average Bonchev–Trinajstić information content (AvgIpc) is 3.10. The van der Waals surface area contributed by atoms with Gasteiger partial charge in [-0.1, -0.05) is 42.1 Å². The second-order valence-corrected chi connectivity index (χ2v) is 10.2. The molecule has 0 saturated carbocycles. The maximum atomic E-state index is 13.8. The molecule has 0 unspecified atom stereocenters. The lowest BCUT2D eigenvalue weighted by Crippen LogP contribution is -2.32. The third-order valence-corrected chi connectivity index (χ3v) is 7.48. The average molecular weight is 453 g/mol. The minimum Gasteiger partial charge on any atom is -0.370 e. The number of para-hydroxylation sites is 1. The van der Waals surface area contributed by atoms with Gasteiger partial charge in [0.05, 0.1) is 23.3 Å². The molecule has 0 atom stereocenters. The second kappa shape index (κ2) is 7.89. The summed E-state index contributed by atoms with van der Waals surface area (Å²) in [6.07, 6.45) is 0.691. The van der Waals surface area contributed by atoms with Crippen LogP contribution in [0.1, 0.15) is 29.9 Å². The maximum Gasteiger partial charge on any atom is 0.267 e. The molecule has 4 aromatic rings. The Morgan fingerprint density at radius 1 is 1.16 bits per heavy atom. The Labute approximate surface area is 187 Å². The predicted octanol–water partition coefficient (Wildman–Crippen LogP) is 5.73. The van der Waals surface area contributed by atoms with Crippen molar-refractivity contribution in [2.24, 2.45) is 0 Å². The van der Waals surface area contributed by atoms with Crippen LogP contribution in [-0.2, 0) is 23.5 Å². The van der Waals surface area contributed by atoms with E-state index in [1.807, 2.05) is 30.3 Å².